The molecular formula is C14H12BrCl2N. The molecule has 0 heterocycles. The summed E-state index contributed by atoms with van der Waals surface area (Å²) in [5, 5.41) is 4.81. The lowest BCUT2D eigenvalue weighted by molar-refractivity contribution is 0.884. The molecule has 0 bridgehead atoms. The minimum atomic E-state index is 0.0786. The predicted molar refractivity (Wildman–Crippen MR) is 82.6 cm³/mol. The maximum Gasteiger partial charge on any atom is 0.0501 e. The zero-order valence-electron chi connectivity index (χ0n) is 9.75. The maximum atomic E-state index is 6.19. The van der Waals surface area contributed by atoms with Crippen molar-refractivity contribution in [2.75, 3.05) is 5.32 Å². The molecule has 2 aromatic rings. The molecule has 4 heteroatoms. The number of anilines is 1. The highest BCUT2D eigenvalue weighted by Gasteiger charge is 2.11. The lowest BCUT2D eigenvalue weighted by Gasteiger charge is -2.18. The Hall–Kier alpha value is -0.700. The second-order valence-corrected chi connectivity index (χ2v) is 5.71. The Morgan fingerprint density at radius 3 is 2.56 bits per heavy atom. The summed E-state index contributed by atoms with van der Waals surface area (Å²) in [6, 6.07) is 13.5. The van der Waals surface area contributed by atoms with Crippen molar-refractivity contribution in [3.8, 4) is 0 Å². The lowest BCUT2D eigenvalue weighted by atomic mass is 10.1. The molecular weight excluding hydrogens is 333 g/mol. The number of hydrogen-bond donors (Lipinski definition) is 1. The smallest absolute Gasteiger partial charge is 0.0501 e. The molecule has 0 saturated carbocycles. The third-order valence-electron chi connectivity index (χ3n) is 2.67. The second-order valence-electron chi connectivity index (χ2n) is 4.01. The molecule has 1 N–H and O–H groups in total. The van der Waals surface area contributed by atoms with Crippen molar-refractivity contribution in [1.29, 1.82) is 0 Å². The van der Waals surface area contributed by atoms with E-state index >= 15 is 0 Å². The molecule has 0 fully saturated rings. The van der Waals surface area contributed by atoms with Gasteiger partial charge in [-0.05, 0) is 58.7 Å². The molecule has 0 aliphatic carbocycles. The van der Waals surface area contributed by atoms with Gasteiger partial charge >= 0.3 is 0 Å². The average Bonchev–Trinajstić information content (AvgIpc) is 2.35. The van der Waals surface area contributed by atoms with E-state index in [4.69, 9.17) is 23.2 Å². The molecule has 0 aliphatic heterocycles. The van der Waals surface area contributed by atoms with Gasteiger partial charge in [0, 0.05) is 20.2 Å². The quantitative estimate of drug-likeness (QED) is 0.727. The molecule has 94 valence electrons. The Labute approximate surface area is 125 Å². The molecule has 2 aromatic carbocycles. The van der Waals surface area contributed by atoms with Crippen LogP contribution in [0.1, 0.15) is 18.5 Å². The lowest BCUT2D eigenvalue weighted by Crippen LogP contribution is -2.07. The molecule has 1 unspecified atom stereocenters. The molecule has 1 nitrogen and oxygen atoms in total. The summed E-state index contributed by atoms with van der Waals surface area (Å²) in [5.74, 6) is 0. The van der Waals surface area contributed by atoms with Crippen molar-refractivity contribution in [3.63, 3.8) is 0 Å². The van der Waals surface area contributed by atoms with Gasteiger partial charge < -0.3 is 5.32 Å². The first kappa shape index (κ1) is 13.7. The first-order chi connectivity index (χ1) is 8.58. The highest BCUT2D eigenvalue weighted by molar-refractivity contribution is 9.10. The zero-order chi connectivity index (χ0) is 13.1. The van der Waals surface area contributed by atoms with Crippen molar-refractivity contribution in [2.24, 2.45) is 0 Å². The Morgan fingerprint density at radius 1 is 1.11 bits per heavy atom. The van der Waals surface area contributed by atoms with Crippen molar-refractivity contribution in [2.45, 2.75) is 13.0 Å². The Balaban J connectivity index is 2.25. The van der Waals surface area contributed by atoms with Gasteiger partial charge in [0.1, 0.15) is 0 Å². The molecule has 1 atom stereocenters. The van der Waals surface area contributed by atoms with Crippen LogP contribution >= 0.6 is 39.1 Å². The first-order valence-corrected chi connectivity index (χ1v) is 7.09. The molecule has 0 aliphatic rings. The SMILES string of the molecule is CC(Nc1ccccc1Br)c1cc(Cl)ccc1Cl. The molecule has 0 aromatic heterocycles. The van der Waals surface area contributed by atoms with E-state index < -0.39 is 0 Å². The number of hydrogen-bond acceptors (Lipinski definition) is 1. The van der Waals surface area contributed by atoms with E-state index in [1.54, 1.807) is 6.07 Å². The Morgan fingerprint density at radius 2 is 1.83 bits per heavy atom. The fraction of sp³-hybridized carbons (Fsp3) is 0.143. The van der Waals surface area contributed by atoms with E-state index in [1.165, 1.54) is 0 Å². The fourth-order valence-electron chi connectivity index (χ4n) is 1.74. The fourth-order valence-corrected chi connectivity index (χ4v) is 2.60. The molecule has 2 rings (SSSR count). The van der Waals surface area contributed by atoms with Crippen molar-refractivity contribution < 1.29 is 0 Å². The molecule has 0 amide bonds. The van der Waals surface area contributed by atoms with E-state index in [0.29, 0.717) is 10.0 Å². The second kappa shape index (κ2) is 5.96. The Kier molecular flexibility index (Phi) is 4.55. The summed E-state index contributed by atoms with van der Waals surface area (Å²) in [7, 11) is 0. The van der Waals surface area contributed by atoms with Gasteiger partial charge in [-0.2, -0.15) is 0 Å². The Bertz CT molecular complexity index is 557. The van der Waals surface area contributed by atoms with Crippen LogP contribution in [0.15, 0.2) is 46.9 Å². The normalized spacial score (nSPS) is 12.2. The predicted octanol–water partition coefficient (Wildman–Crippen LogP) is 5.93. The van der Waals surface area contributed by atoms with Crippen molar-refractivity contribution >= 4 is 44.8 Å². The minimum Gasteiger partial charge on any atom is -0.378 e. The third-order valence-corrected chi connectivity index (χ3v) is 3.94. The van der Waals surface area contributed by atoms with Gasteiger partial charge in [0.15, 0.2) is 0 Å². The van der Waals surface area contributed by atoms with Crippen molar-refractivity contribution in [3.05, 3.63) is 62.5 Å². The highest BCUT2D eigenvalue weighted by atomic mass is 79.9. The molecule has 0 radical (unpaired) electrons. The molecule has 18 heavy (non-hydrogen) atoms. The van der Waals surface area contributed by atoms with E-state index in [-0.39, 0.29) is 6.04 Å². The van der Waals surface area contributed by atoms with Crippen LogP contribution in [-0.2, 0) is 0 Å². The van der Waals surface area contributed by atoms with Crippen LogP contribution in [-0.4, -0.2) is 0 Å². The topological polar surface area (TPSA) is 12.0 Å². The molecule has 0 spiro atoms. The molecule has 0 saturated heterocycles. The van der Waals surface area contributed by atoms with Gasteiger partial charge in [0.25, 0.3) is 0 Å². The third kappa shape index (κ3) is 3.19. The van der Waals surface area contributed by atoms with Gasteiger partial charge in [0.05, 0.1) is 6.04 Å². The summed E-state index contributed by atoms with van der Waals surface area (Å²) in [6.45, 7) is 2.05. The first-order valence-electron chi connectivity index (χ1n) is 5.54. The largest absolute Gasteiger partial charge is 0.378 e. The number of nitrogens with one attached hydrogen (secondary N) is 1. The van der Waals surface area contributed by atoms with Crippen molar-refractivity contribution in [1.82, 2.24) is 0 Å². The number of para-hydroxylation sites is 1. The van der Waals surface area contributed by atoms with Crippen LogP contribution in [0.2, 0.25) is 10.0 Å². The van der Waals surface area contributed by atoms with Gasteiger partial charge in [-0.25, -0.2) is 0 Å². The van der Waals surface area contributed by atoms with Crippen LogP contribution in [0.4, 0.5) is 5.69 Å². The van der Waals surface area contributed by atoms with Crippen LogP contribution in [0, 0.1) is 0 Å². The van der Waals surface area contributed by atoms with E-state index in [9.17, 15) is 0 Å². The van der Waals surface area contributed by atoms with Crippen LogP contribution in [0.25, 0.3) is 0 Å². The summed E-state index contributed by atoms with van der Waals surface area (Å²) in [4.78, 5) is 0. The van der Waals surface area contributed by atoms with E-state index in [0.717, 1.165) is 15.7 Å². The van der Waals surface area contributed by atoms with E-state index in [1.807, 2.05) is 36.4 Å². The summed E-state index contributed by atoms with van der Waals surface area (Å²) < 4.78 is 1.02. The zero-order valence-corrected chi connectivity index (χ0v) is 12.9. The van der Waals surface area contributed by atoms with Gasteiger partial charge in [-0.15, -0.1) is 0 Å². The number of rotatable bonds is 3. The maximum absolute atomic E-state index is 6.19. The average molecular weight is 345 g/mol. The monoisotopic (exact) mass is 343 g/mol. The van der Waals surface area contributed by atoms with Gasteiger partial charge in [-0.3, -0.25) is 0 Å². The number of benzene rings is 2. The van der Waals surface area contributed by atoms with Gasteiger partial charge in [-0.1, -0.05) is 35.3 Å². The summed E-state index contributed by atoms with van der Waals surface area (Å²) >= 11 is 15.7. The minimum absolute atomic E-state index is 0.0786. The highest BCUT2D eigenvalue weighted by Crippen LogP contribution is 2.30. The van der Waals surface area contributed by atoms with E-state index in [2.05, 4.69) is 28.2 Å². The summed E-state index contributed by atoms with van der Waals surface area (Å²) in [6.07, 6.45) is 0. The van der Waals surface area contributed by atoms with Crippen LogP contribution in [0.5, 0.6) is 0 Å². The standard InChI is InChI=1S/C14H12BrCl2N/c1-9(11-8-10(16)6-7-13(11)17)18-14-5-3-2-4-12(14)15/h2-9,18H,1H3. The summed E-state index contributed by atoms with van der Waals surface area (Å²) in [5.41, 5.74) is 2.01. The van der Waals surface area contributed by atoms with Crippen LogP contribution < -0.4 is 5.32 Å². The van der Waals surface area contributed by atoms with Gasteiger partial charge in [0.2, 0.25) is 0 Å². The number of halogens is 3. The van der Waals surface area contributed by atoms with Crippen LogP contribution in [0.3, 0.4) is 0 Å².